The lowest BCUT2D eigenvalue weighted by atomic mass is 10.0. The summed E-state index contributed by atoms with van der Waals surface area (Å²) < 4.78 is 16.0. The van der Waals surface area contributed by atoms with Gasteiger partial charge in [-0.1, -0.05) is 13.0 Å². The highest BCUT2D eigenvalue weighted by atomic mass is 16.5. The maximum atomic E-state index is 5.98. The third-order valence-electron chi connectivity index (χ3n) is 3.00. The highest BCUT2D eigenvalue weighted by Crippen LogP contribution is 2.28. The molecule has 0 saturated heterocycles. The van der Waals surface area contributed by atoms with Crippen LogP contribution in [0.3, 0.4) is 0 Å². The summed E-state index contributed by atoms with van der Waals surface area (Å²) in [5.41, 5.74) is 7.15. The lowest BCUT2D eigenvalue weighted by Gasteiger charge is -2.14. The van der Waals surface area contributed by atoms with E-state index < -0.39 is 0 Å². The van der Waals surface area contributed by atoms with Gasteiger partial charge in [0.25, 0.3) is 0 Å². The fourth-order valence-electron chi connectivity index (χ4n) is 1.79. The van der Waals surface area contributed by atoms with Gasteiger partial charge in [-0.2, -0.15) is 0 Å². The normalized spacial score (nSPS) is 12.2. The van der Waals surface area contributed by atoms with Gasteiger partial charge in [-0.3, -0.25) is 0 Å². The summed E-state index contributed by atoms with van der Waals surface area (Å²) in [6.07, 6.45) is 2.68. The largest absolute Gasteiger partial charge is 0.493 e. The Bertz CT molecular complexity index is 368. The molecule has 0 radical (unpaired) electrons. The quantitative estimate of drug-likeness (QED) is 0.698. The molecule has 1 atom stereocenters. The second kappa shape index (κ2) is 8.77. The molecule has 1 rings (SSSR count). The van der Waals surface area contributed by atoms with Crippen LogP contribution in [0.4, 0.5) is 0 Å². The van der Waals surface area contributed by atoms with Crippen molar-refractivity contribution >= 4 is 0 Å². The fourth-order valence-corrected chi connectivity index (χ4v) is 1.79. The number of methoxy groups -OCH3 is 2. The maximum absolute atomic E-state index is 5.98. The number of nitrogens with two attached hydrogens (primary N) is 1. The molecule has 0 aliphatic rings. The Morgan fingerprint density at radius 2 is 1.95 bits per heavy atom. The van der Waals surface area contributed by atoms with E-state index in [0.717, 1.165) is 30.8 Å². The van der Waals surface area contributed by atoms with Gasteiger partial charge in [0.15, 0.2) is 11.5 Å². The number of rotatable bonds is 9. The molecule has 0 aliphatic carbocycles. The van der Waals surface area contributed by atoms with Crippen molar-refractivity contribution in [3.8, 4) is 11.5 Å². The average molecular weight is 267 g/mol. The molecule has 0 aromatic heterocycles. The van der Waals surface area contributed by atoms with Crippen LogP contribution in [0.15, 0.2) is 18.2 Å². The molecule has 0 bridgehead atoms. The SMILES string of the molecule is CCC(N)Cc1ccc(OC)c(OCCCOC)c1. The Morgan fingerprint density at radius 3 is 2.58 bits per heavy atom. The summed E-state index contributed by atoms with van der Waals surface area (Å²) in [6.45, 7) is 3.41. The van der Waals surface area contributed by atoms with Crippen LogP contribution in [-0.4, -0.2) is 33.5 Å². The Morgan fingerprint density at radius 1 is 1.16 bits per heavy atom. The molecule has 1 unspecified atom stereocenters. The van der Waals surface area contributed by atoms with Gasteiger partial charge >= 0.3 is 0 Å². The van der Waals surface area contributed by atoms with Crippen LogP contribution in [-0.2, 0) is 11.2 Å². The van der Waals surface area contributed by atoms with Crippen molar-refractivity contribution in [2.75, 3.05) is 27.4 Å². The fraction of sp³-hybridized carbons (Fsp3) is 0.600. The number of hydrogen-bond donors (Lipinski definition) is 1. The van der Waals surface area contributed by atoms with Crippen molar-refractivity contribution in [1.29, 1.82) is 0 Å². The van der Waals surface area contributed by atoms with Crippen LogP contribution < -0.4 is 15.2 Å². The second-order valence-corrected chi connectivity index (χ2v) is 4.55. The number of hydrogen-bond acceptors (Lipinski definition) is 4. The zero-order chi connectivity index (χ0) is 14.1. The molecule has 4 heteroatoms. The summed E-state index contributed by atoms with van der Waals surface area (Å²) in [5, 5.41) is 0. The van der Waals surface area contributed by atoms with Crippen molar-refractivity contribution in [3.05, 3.63) is 23.8 Å². The van der Waals surface area contributed by atoms with Gasteiger partial charge in [-0.15, -0.1) is 0 Å². The standard InChI is InChI=1S/C15H25NO3/c1-4-13(16)10-12-6-7-14(18-3)15(11-12)19-9-5-8-17-2/h6-7,11,13H,4-5,8-10,16H2,1-3H3. The van der Waals surface area contributed by atoms with E-state index in [2.05, 4.69) is 6.92 Å². The van der Waals surface area contributed by atoms with Crippen LogP contribution >= 0.6 is 0 Å². The number of benzene rings is 1. The van der Waals surface area contributed by atoms with Crippen molar-refractivity contribution in [2.45, 2.75) is 32.2 Å². The summed E-state index contributed by atoms with van der Waals surface area (Å²) in [5.74, 6) is 1.53. The lowest BCUT2D eigenvalue weighted by Crippen LogP contribution is -2.21. The van der Waals surface area contributed by atoms with E-state index in [9.17, 15) is 0 Å². The highest BCUT2D eigenvalue weighted by Gasteiger charge is 2.08. The summed E-state index contributed by atoms with van der Waals surface area (Å²) in [4.78, 5) is 0. The first kappa shape index (κ1) is 15.8. The molecule has 108 valence electrons. The van der Waals surface area contributed by atoms with Crippen molar-refractivity contribution < 1.29 is 14.2 Å². The van der Waals surface area contributed by atoms with E-state index in [1.54, 1.807) is 14.2 Å². The van der Waals surface area contributed by atoms with Crippen LogP contribution in [0.25, 0.3) is 0 Å². The first-order valence-corrected chi connectivity index (χ1v) is 6.75. The smallest absolute Gasteiger partial charge is 0.161 e. The summed E-state index contributed by atoms with van der Waals surface area (Å²) in [7, 11) is 3.34. The van der Waals surface area contributed by atoms with Crippen molar-refractivity contribution in [2.24, 2.45) is 5.73 Å². The molecule has 4 nitrogen and oxygen atoms in total. The molecular formula is C15H25NO3. The van der Waals surface area contributed by atoms with Crippen LogP contribution in [0.5, 0.6) is 11.5 Å². The van der Waals surface area contributed by atoms with Crippen molar-refractivity contribution in [3.63, 3.8) is 0 Å². The van der Waals surface area contributed by atoms with E-state index >= 15 is 0 Å². The summed E-state index contributed by atoms with van der Waals surface area (Å²) >= 11 is 0. The molecule has 1 aromatic carbocycles. The van der Waals surface area contributed by atoms with Crippen LogP contribution in [0.1, 0.15) is 25.3 Å². The minimum Gasteiger partial charge on any atom is -0.493 e. The monoisotopic (exact) mass is 267 g/mol. The minimum absolute atomic E-state index is 0.190. The summed E-state index contributed by atoms with van der Waals surface area (Å²) in [6, 6.07) is 6.18. The van der Waals surface area contributed by atoms with Crippen LogP contribution in [0.2, 0.25) is 0 Å². The van der Waals surface area contributed by atoms with Crippen LogP contribution in [0, 0.1) is 0 Å². The number of ether oxygens (including phenoxy) is 3. The van der Waals surface area contributed by atoms with Gasteiger partial charge in [-0.05, 0) is 30.5 Å². The molecular weight excluding hydrogens is 242 g/mol. The Labute approximate surface area is 115 Å². The molecule has 0 saturated carbocycles. The predicted molar refractivity (Wildman–Crippen MR) is 77.0 cm³/mol. The zero-order valence-electron chi connectivity index (χ0n) is 12.1. The lowest BCUT2D eigenvalue weighted by molar-refractivity contribution is 0.170. The van der Waals surface area contributed by atoms with Gasteiger partial charge < -0.3 is 19.9 Å². The van der Waals surface area contributed by atoms with Gasteiger partial charge in [0.2, 0.25) is 0 Å². The highest BCUT2D eigenvalue weighted by molar-refractivity contribution is 5.43. The third kappa shape index (κ3) is 5.49. The topological polar surface area (TPSA) is 53.7 Å². The van der Waals surface area contributed by atoms with E-state index in [4.69, 9.17) is 19.9 Å². The Kier molecular flexibility index (Phi) is 7.30. The maximum Gasteiger partial charge on any atom is 0.161 e. The molecule has 0 aliphatic heterocycles. The van der Waals surface area contributed by atoms with E-state index in [-0.39, 0.29) is 6.04 Å². The zero-order valence-corrected chi connectivity index (χ0v) is 12.1. The molecule has 0 spiro atoms. The molecule has 0 heterocycles. The molecule has 19 heavy (non-hydrogen) atoms. The van der Waals surface area contributed by atoms with Gasteiger partial charge in [0.1, 0.15) is 0 Å². The van der Waals surface area contributed by atoms with Gasteiger partial charge in [-0.25, -0.2) is 0 Å². The van der Waals surface area contributed by atoms with Gasteiger partial charge in [0.05, 0.1) is 13.7 Å². The first-order valence-electron chi connectivity index (χ1n) is 6.75. The molecule has 1 aromatic rings. The van der Waals surface area contributed by atoms with E-state index in [1.807, 2.05) is 18.2 Å². The van der Waals surface area contributed by atoms with Crippen molar-refractivity contribution in [1.82, 2.24) is 0 Å². The Hall–Kier alpha value is -1.26. The van der Waals surface area contributed by atoms with E-state index in [0.29, 0.717) is 13.2 Å². The minimum atomic E-state index is 0.190. The third-order valence-corrected chi connectivity index (χ3v) is 3.00. The molecule has 2 N–H and O–H groups in total. The Balaban J connectivity index is 2.66. The first-order chi connectivity index (χ1) is 9.21. The average Bonchev–Trinajstić information content (AvgIpc) is 2.43. The second-order valence-electron chi connectivity index (χ2n) is 4.55. The molecule has 0 fully saturated rings. The predicted octanol–water partition coefficient (Wildman–Crippen LogP) is 2.39. The molecule has 0 amide bonds. The van der Waals surface area contributed by atoms with Gasteiger partial charge in [0, 0.05) is 26.2 Å². The van der Waals surface area contributed by atoms with E-state index in [1.165, 1.54) is 5.56 Å².